The average molecular weight is 387 g/mol. The lowest BCUT2D eigenvalue weighted by molar-refractivity contribution is -0.119. The quantitative estimate of drug-likeness (QED) is 0.459. The highest BCUT2D eigenvalue weighted by Crippen LogP contribution is 2.16. The summed E-state index contributed by atoms with van der Waals surface area (Å²) in [5.74, 6) is 0.612. The molecule has 146 valence electrons. The van der Waals surface area contributed by atoms with E-state index in [4.69, 9.17) is 0 Å². The summed E-state index contributed by atoms with van der Waals surface area (Å²) in [4.78, 5) is 19.1. The van der Waals surface area contributed by atoms with Crippen LogP contribution in [0.2, 0.25) is 0 Å². The Labute approximate surface area is 166 Å². The molecule has 27 heavy (non-hydrogen) atoms. The summed E-state index contributed by atoms with van der Waals surface area (Å²) in [6.07, 6.45) is 1.76. The second kappa shape index (κ2) is 11.4. The van der Waals surface area contributed by atoms with Crippen molar-refractivity contribution in [2.75, 3.05) is 19.6 Å². The molecule has 1 unspecified atom stereocenters. The van der Waals surface area contributed by atoms with Crippen LogP contribution in [0.15, 0.2) is 47.5 Å². The van der Waals surface area contributed by atoms with E-state index in [-0.39, 0.29) is 18.5 Å². The smallest absolute Gasteiger partial charge is 0.241 e. The summed E-state index contributed by atoms with van der Waals surface area (Å²) in [6.45, 7) is 7.76. The predicted octanol–water partition coefficient (Wildman–Crippen LogP) is 2.90. The van der Waals surface area contributed by atoms with Crippen molar-refractivity contribution in [3.63, 3.8) is 0 Å². The van der Waals surface area contributed by atoms with Gasteiger partial charge in [0.2, 0.25) is 5.91 Å². The van der Waals surface area contributed by atoms with Gasteiger partial charge in [-0.05, 0) is 44.9 Å². The summed E-state index contributed by atoms with van der Waals surface area (Å²) in [6, 6.07) is 14.7. The van der Waals surface area contributed by atoms with Gasteiger partial charge in [-0.15, -0.1) is 11.3 Å². The molecule has 0 aliphatic rings. The largest absolute Gasteiger partial charge is 0.357 e. The van der Waals surface area contributed by atoms with Gasteiger partial charge in [-0.25, -0.2) is 4.99 Å². The molecular weight excluding hydrogens is 356 g/mol. The number of thiophene rings is 1. The minimum absolute atomic E-state index is 0.0651. The highest BCUT2D eigenvalue weighted by Gasteiger charge is 2.08. The van der Waals surface area contributed by atoms with Gasteiger partial charge in [-0.3, -0.25) is 4.79 Å². The molecule has 0 bridgehead atoms. The first-order chi connectivity index (χ1) is 13.1. The highest BCUT2D eigenvalue weighted by atomic mass is 32.1. The molecule has 1 aromatic heterocycles. The van der Waals surface area contributed by atoms with Crippen molar-refractivity contribution in [3.8, 4) is 0 Å². The number of carbonyl (C=O) groups excluding carboxylic acids is 1. The van der Waals surface area contributed by atoms with Crippen molar-refractivity contribution in [1.29, 1.82) is 0 Å². The number of aliphatic imine (C=N–C) groups is 1. The number of hydrogen-bond acceptors (Lipinski definition) is 3. The minimum Gasteiger partial charge on any atom is -0.357 e. The lowest BCUT2D eigenvalue weighted by Crippen LogP contribution is -2.43. The van der Waals surface area contributed by atoms with E-state index in [9.17, 15) is 4.79 Å². The van der Waals surface area contributed by atoms with E-state index in [0.29, 0.717) is 12.5 Å². The SMILES string of the molecule is CCNC(=NCC(=O)NCCc1ccccc1)NC(C)Cc1ccc(C)s1. The van der Waals surface area contributed by atoms with Crippen molar-refractivity contribution in [1.82, 2.24) is 16.0 Å². The van der Waals surface area contributed by atoms with Gasteiger partial charge in [0.25, 0.3) is 0 Å². The third-order valence-corrected chi connectivity index (χ3v) is 5.01. The fourth-order valence-corrected chi connectivity index (χ4v) is 3.72. The molecule has 5 nitrogen and oxygen atoms in total. The molecule has 0 aliphatic heterocycles. The van der Waals surface area contributed by atoms with Gasteiger partial charge in [-0.2, -0.15) is 0 Å². The van der Waals surface area contributed by atoms with Crippen molar-refractivity contribution < 1.29 is 4.79 Å². The number of nitrogens with zero attached hydrogens (tertiary/aromatic N) is 1. The van der Waals surface area contributed by atoms with Gasteiger partial charge in [0.1, 0.15) is 6.54 Å². The number of amides is 1. The van der Waals surface area contributed by atoms with Gasteiger partial charge < -0.3 is 16.0 Å². The third kappa shape index (κ3) is 8.26. The first kappa shape index (κ1) is 21.0. The Morgan fingerprint density at radius 1 is 1.15 bits per heavy atom. The zero-order valence-corrected chi connectivity index (χ0v) is 17.2. The van der Waals surface area contributed by atoms with Crippen LogP contribution < -0.4 is 16.0 Å². The van der Waals surface area contributed by atoms with E-state index in [1.807, 2.05) is 36.5 Å². The van der Waals surface area contributed by atoms with Crippen LogP contribution in [0, 0.1) is 6.92 Å². The fourth-order valence-electron chi connectivity index (χ4n) is 2.70. The molecule has 2 aromatic rings. The van der Waals surface area contributed by atoms with Gasteiger partial charge >= 0.3 is 0 Å². The van der Waals surface area contributed by atoms with Gasteiger partial charge in [-0.1, -0.05) is 30.3 Å². The first-order valence-electron chi connectivity index (χ1n) is 9.47. The van der Waals surface area contributed by atoms with E-state index in [1.165, 1.54) is 15.3 Å². The Balaban J connectivity index is 1.76. The molecule has 1 atom stereocenters. The molecule has 0 fully saturated rings. The monoisotopic (exact) mass is 386 g/mol. The zero-order chi connectivity index (χ0) is 19.5. The van der Waals surface area contributed by atoms with Gasteiger partial charge in [0, 0.05) is 35.3 Å². The zero-order valence-electron chi connectivity index (χ0n) is 16.4. The molecule has 0 saturated heterocycles. The number of benzene rings is 1. The number of hydrogen-bond donors (Lipinski definition) is 3. The van der Waals surface area contributed by atoms with Crippen LogP contribution in [-0.4, -0.2) is 37.5 Å². The topological polar surface area (TPSA) is 65.5 Å². The van der Waals surface area contributed by atoms with Crippen LogP contribution >= 0.6 is 11.3 Å². The van der Waals surface area contributed by atoms with E-state index in [2.05, 4.69) is 59.1 Å². The normalized spacial score (nSPS) is 12.5. The highest BCUT2D eigenvalue weighted by molar-refractivity contribution is 7.11. The number of rotatable bonds is 9. The molecule has 6 heteroatoms. The minimum atomic E-state index is -0.0651. The van der Waals surface area contributed by atoms with Crippen molar-refractivity contribution in [2.24, 2.45) is 4.99 Å². The summed E-state index contributed by atoms with van der Waals surface area (Å²) in [5, 5.41) is 9.51. The first-order valence-corrected chi connectivity index (χ1v) is 10.3. The summed E-state index contributed by atoms with van der Waals surface area (Å²) in [7, 11) is 0. The number of aryl methyl sites for hydroxylation is 1. The van der Waals surface area contributed by atoms with Crippen LogP contribution in [0.1, 0.15) is 29.2 Å². The predicted molar refractivity (Wildman–Crippen MR) is 114 cm³/mol. The van der Waals surface area contributed by atoms with Crippen LogP contribution in [0.3, 0.4) is 0 Å². The Morgan fingerprint density at radius 2 is 1.93 bits per heavy atom. The second-order valence-corrected chi connectivity index (χ2v) is 7.92. The van der Waals surface area contributed by atoms with E-state index in [1.54, 1.807) is 0 Å². The average Bonchev–Trinajstić information content (AvgIpc) is 3.05. The molecular formula is C21H30N4OS. The molecule has 2 rings (SSSR count). The number of carbonyl (C=O) groups is 1. The van der Waals surface area contributed by atoms with E-state index < -0.39 is 0 Å². The van der Waals surface area contributed by atoms with E-state index >= 15 is 0 Å². The summed E-state index contributed by atoms with van der Waals surface area (Å²) >= 11 is 1.82. The van der Waals surface area contributed by atoms with Crippen LogP contribution in [0.5, 0.6) is 0 Å². The standard InChI is InChI=1S/C21H30N4OS/c1-4-22-21(25-16(2)14-19-11-10-17(3)27-19)24-15-20(26)23-13-12-18-8-6-5-7-9-18/h5-11,16H,4,12-15H2,1-3H3,(H,23,26)(H2,22,24,25). The molecule has 0 saturated carbocycles. The van der Waals surface area contributed by atoms with Crippen LogP contribution in [-0.2, 0) is 17.6 Å². The van der Waals surface area contributed by atoms with E-state index in [0.717, 1.165) is 19.4 Å². The number of nitrogens with one attached hydrogen (secondary N) is 3. The molecule has 0 spiro atoms. The molecule has 0 radical (unpaired) electrons. The fraction of sp³-hybridized carbons (Fsp3) is 0.429. The Morgan fingerprint density at radius 3 is 2.59 bits per heavy atom. The van der Waals surface area contributed by atoms with Crippen molar-refractivity contribution in [2.45, 2.75) is 39.7 Å². The maximum absolute atomic E-state index is 12.0. The lowest BCUT2D eigenvalue weighted by atomic mass is 10.1. The molecule has 1 aromatic carbocycles. The Hall–Kier alpha value is -2.34. The van der Waals surface area contributed by atoms with Gasteiger partial charge in [0.05, 0.1) is 0 Å². The van der Waals surface area contributed by atoms with Crippen molar-refractivity contribution in [3.05, 3.63) is 57.8 Å². The van der Waals surface area contributed by atoms with Crippen LogP contribution in [0.25, 0.3) is 0 Å². The Bertz CT molecular complexity index is 727. The third-order valence-electron chi connectivity index (χ3n) is 3.99. The molecule has 1 amide bonds. The number of guanidine groups is 1. The molecule has 0 aliphatic carbocycles. The second-order valence-electron chi connectivity index (χ2n) is 6.54. The Kier molecular flexibility index (Phi) is 8.84. The van der Waals surface area contributed by atoms with Crippen LogP contribution in [0.4, 0.5) is 0 Å². The summed E-state index contributed by atoms with van der Waals surface area (Å²) < 4.78 is 0. The lowest BCUT2D eigenvalue weighted by Gasteiger charge is -2.17. The molecule has 3 N–H and O–H groups in total. The van der Waals surface area contributed by atoms with Gasteiger partial charge in [0.15, 0.2) is 5.96 Å². The summed E-state index contributed by atoms with van der Waals surface area (Å²) in [5.41, 5.74) is 1.22. The van der Waals surface area contributed by atoms with Crippen molar-refractivity contribution >= 4 is 23.2 Å². The maximum Gasteiger partial charge on any atom is 0.241 e. The maximum atomic E-state index is 12.0. The molecule has 1 heterocycles.